The van der Waals surface area contributed by atoms with Crippen LogP contribution in [-0.2, 0) is 0 Å². The zero-order chi connectivity index (χ0) is 10.8. The van der Waals surface area contributed by atoms with Crippen LogP contribution in [0, 0.1) is 0 Å². The molecule has 0 unspecified atom stereocenters. The van der Waals surface area contributed by atoms with E-state index in [0.717, 1.165) is 27.6 Å². The number of benzene rings is 1. The highest BCUT2D eigenvalue weighted by atomic mass is 79.9. The van der Waals surface area contributed by atoms with Gasteiger partial charge in [0.25, 0.3) is 0 Å². The summed E-state index contributed by atoms with van der Waals surface area (Å²) in [6, 6.07) is 5.83. The molecule has 1 aromatic carbocycles. The number of aromatic nitrogens is 1. The number of rotatable bonds is 2. The fourth-order valence-corrected chi connectivity index (χ4v) is 2.38. The topological polar surface area (TPSA) is 24.9 Å². The number of hydrogen-bond donors (Lipinski definition) is 1. The molecule has 1 N–H and O–H groups in total. The summed E-state index contributed by atoms with van der Waals surface area (Å²) >= 11 is 9.54. The molecule has 78 valence electrons. The first-order valence-electron chi connectivity index (χ1n) is 4.70. The van der Waals surface area contributed by atoms with Gasteiger partial charge in [-0.1, -0.05) is 27.5 Å². The van der Waals surface area contributed by atoms with Gasteiger partial charge in [0.1, 0.15) is 0 Å². The maximum absolute atomic E-state index is 6.11. The number of nitrogens with one attached hydrogen (secondary N) is 1. The molecule has 0 spiro atoms. The molecule has 0 radical (unpaired) electrons. The Balaban J connectivity index is 2.73. The zero-order valence-corrected chi connectivity index (χ0v) is 10.6. The number of fused-ring (bicyclic) bond motifs is 1. The minimum Gasteiger partial charge on any atom is -0.385 e. The number of hydrogen-bond acceptors (Lipinski definition) is 2. The maximum Gasteiger partial charge on any atom is 0.0909 e. The first kappa shape index (κ1) is 10.7. The lowest BCUT2D eigenvalue weighted by atomic mass is 10.2. The summed E-state index contributed by atoms with van der Waals surface area (Å²) < 4.78 is 0.965. The number of halogens is 2. The Kier molecular flexibility index (Phi) is 3.12. The van der Waals surface area contributed by atoms with Gasteiger partial charge in [0, 0.05) is 28.3 Å². The van der Waals surface area contributed by atoms with Crippen molar-refractivity contribution in [2.24, 2.45) is 0 Å². The highest BCUT2D eigenvalue weighted by Gasteiger charge is 2.05. The van der Waals surface area contributed by atoms with Crippen LogP contribution in [0.4, 0.5) is 5.69 Å². The maximum atomic E-state index is 6.11. The Labute approximate surface area is 102 Å². The van der Waals surface area contributed by atoms with Crippen molar-refractivity contribution >= 4 is 44.1 Å². The standard InChI is InChI=1S/C11H10BrClN2/c1-2-14-10-3-4-15-11-8(10)5-7(12)6-9(11)13/h3-6H,2H2,1H3,(H,14,15). The average molecular weight is 286 g/mol. The molecule has 0 saturated carbocycles. The number of pyridine rings is 1. The van der Waals surface area contributed by atoms with Crippen LogP contribution in [-0.4, -0.2) is 11.5 Å². The zero-order valence-electron chi connectivity index (χ0n) is 8.22. The summed E-state index contributed by atoms with van der Waals surface area (Å²) in [4.78, 5) is 4.27. The molecule has 2 rings (SSSR count). The second kappa shape index (κ2) is 4.37. The van der Waals surface area contributed by atoms with Crippen molar-refractivity contribution in [3.05, 3.63) is 33.9 Å². The Hall–Kier alpha value is -0.800. The van der Waals surface area contributed by atoms with Gasteiger partial charge in [-0.2, -0.15) is 0 Å². The molecule has 2 nitrogen and oxygen atoms in total. The van der Waals surface area contributed by atoms with Gasteiger partial charge in [-0.25, -0.2) is 0 Å². The van der Waals surface area contributed by atoms with Gasteiger partial charge in [-0.3, -0.25) is 4.98 Å². The van der Waals surface area contributed by atoms with E-state index in [2.05, 4.69) is 33.2 Å². The minimum absolute atomic E-state index is 0.666. The van der Waals surface area contributed by atoms with E-state index >= 15 is 0 Å². The van der Waals surface area contributed by atoms with Crippen LogP contribution >= 0.6 is 27.5 Å². The van der Waals surface area contributed by atoms with E-state index in [1.165, 1.54) is 0 Å². The van der Waals surface area contributed by atoms with E-state index in [1.807, 2.05) is 18.2 Å². The van der Waals surface area contributed by atoms with Crippen LogP contribution < -0.4 is 5.32 Å². The van der Waals surface area contributed by atoms with E-state index in [1.54, 1.807) is 6.20 Å². The van der Waals surface area contributed by atoms with Crippen molar-refractivity contribution in [2.75, 3.05) is 11.9 Å². The lowest BCUT2D eigenvalue weighted by molar-refractivity contribution is 1.21. The molecule has 1 heterocycles. The van der Waals surface area contributed by atoms with Crippen LogP contribution in [0.25, 0.3) is 10.9 Å². The first-order valence-corrected chi connectivity index (χ1v) is 5.87. The Bertz CT molecular complexity index is 499. The summed E-state index contributed by atoms with van der Waals surface area (Å²) in [6.45, 7) is 2.94. The van der Waals surface area contributed by atoms with Gasteiger partial charge in [0.2, 0.25) is 0 Å². The molecular formula is C11H10BrClN2. The third kappa shape index (κ3) is 2.08. The molecule has 0 aliphatic rings. The summed E-state index contributed by atoms with van der Waals surface area (Å²) in [5.41, 5.74) is 1.89. The first-order chi connectivity index (χ1) is 7.22. The van der Waals surface area contributed by atoms with Crippen molar-refractivity contribution in [1.29, 1.82) is 0 Å². The molecule has 0 aliphatic heterocycles. The third-order valence-corrected chi connectivity index (χ3v) is 2.88. The van der Waals surface area contributed by atoms with Crippen molar-refractivity contribution < 1.29 is 0 Å². The van der Waals surface area contributed by atoms with Gasteiger partial charge >= 0.3 is 0 Å². The molecule has 0 amide bonds. The van der Waals surface area contributed by atoms with E-state index in [9.17, 15) is 0 Å². The molecule has 0 fully saturated rings. The molecule has 2 aromatic rings. The highest BCUT2D eigenvalue weighted by Crippen LogP contribution is 2.30. The van der Waals surface area contributed by atoms with Gasteiger partial charge in [-0.05, 0) is 25.1 Å². The molecular weight excluding hydrogens is 275 g/mol. The van der Waals surface area contributed by atoms with Crippen molar-refractivity contribution in [2.45, 2.75) is 6.92 Å². The van der Waals surface area contributed by atoms with Gasteiger partial charge in [-0.15, -0.1) is 0 Å². The Morgan fingerprint density at radius 1 is 1.47 bits per heavy atom. The smallest absolute Gasteiger partial charge is 0.0909 e. The molecule has 1 aromatic heterocycles. The van der Waals surface area contributed by atoms with E-state index < -0.39 is 0 Å². The Morgan fingerprint density at radius 3 is 3.00 bits per heavy atom. The largest absolute Gasteiger partial charge is 0.385 e. The third-order valence-electron chi connectivity index (χ3n) is 2.13. The second-order valence-corrected chi connectivity index (χ2v) is 4.50. The van der Waals surface area contributed by atoms with Crippen molar-refractivity contribution in [1.82, 2.24) is 4.98 Å². The molecule has 0 saturated heterocycles. The van der Waals surface area contributed by atoms with Crippen LogP contribution in [0.1, 0.15) is 6.92 Å². The van der Waals surface area contributed by atoms with Crippen molar-refractivity contribution in [3.63, 3.8) is 0 Å². The Morgan fingerprint density at radius 2 is 2.27 bits per heavy atom. The second-order valence-electron chi connectivity index (χ2n) is 3.17. The van der Waals surface area contributed by atoms with Crippen LogP contribution in [0.2, 0.25) is 5.02 Å². The monoisotopic (exact) mass is 284 g/mol. The predicted octanol–water partition coefficient (Wildman–Crippen LogP) is 4.08. The lowest BCUT2D eigenvalue weighted by Gasteiger charge is -2.08. The van der Waals surface area contributed by atoms with E-state index in [-0.39, 0.29) is 0 Å². The fourth-order valence-electron chi connectivity index (χ4n) is 1.52. The SMILES string of the molecule is CCNc1ccnc2c(Cl)cc(Br)cc12. The van der Waals surface area contributed by atoms with Gasteiger partial charge in [0.15, 0.2) is 0 Å². The summed E-state index contributed by atoms with van der Waals surface area (Å²) in [7, 11) is 0. The van der Waals surface area contributed by atoms with E-state index in [4.69, 9.17) is 11.6 Å². The van der Waals surface area contributed by atoms with Crippen molar-refractivity contribution in [3.8, 4) is 0 Å². The van der Waals surface area contributed by atoms with Crippen LogP contribution in [0.5, 0.6) is 0 Å². The lowest BCUT2D eigenvalue weighted by Crippen LogP contribution is -1.97. The van der Waals surface area contributed by atoms with Crippen LogP contribution in [0.3, 0.4) is 0 Å². The van der Waals surface area contributed by atoms with Gasteiger partial charge < -0.3 is 5.32 Å². The normalized spacial score (nSPS) is 10.6. The quantitative estimate of drug-likeness (QED) is 0.899. The molecule has 4 heteroatoms. The predicted molar refractivity (Wildman–Crippen MR) is 68.6 cm³/mol. The van der Waals surface area contributed by atoms with Gasteiger partial charge in [0.05, 0.1) is 10.5 Å². The molecule has 0 bridgehead atoms. The van der Waals surface area contributed by atoms with E-state index in [0.29, 0.717) is 5.02 Å². The highest BCUT2D eigenvalue weighted by molar-refractivity contribution is 9.10. The summed E-state index contributed by atoms with van der Waals surface area (Å²) in [5, 5.41) is 4.99. The fraction of sp³-hybridized carbons (Fsp3) is 0.182. The molecule has 0 atom stereocenters. The number of anilines is 1. The summed E-state index contributed by atoms with van der Waals surface area (Å²) in [6.07, 6.45) is 1.76. The minimum atomic E-state index is 0.666. The molecule has 0 aliphatic carbocycles. The van der Waals surface area contributed by atoms with Crippen LogP contribution in [0.15, 0.2) is 28.9 Å². The summed E-state index contributed by atoms with van der Waals surface area (Å²) in [5.74, 6) is 0. The molecule has 15 heavy (non-hydrogen) atoms. The average Bonchev–Trinajstić information content (AvgIpc) is 2.19. The number of nitrogens with zero attached hydrogens (tertiary/aromatic N) is 1.